The first-order chi connectivity index (χ1) is 11.9. The molecule has 2 aromatic rings. The molecule has 25 heavy (non-hydrogen) atoms. The molecule has 0 bridgehead atoms. The van der Waals surface area contributed by atoms with Gasteiger partial charge in [-0.25, -0.2) is 8.42 Å². The maximum absolute atomic E-state index is 13.1. The molecule has 1 aliphatic rings. The van der Waals surface area contributed by atoms with Gasteiger partial charge in [0.25, 0.3) is 0 Å². The van der Waals surface area contributed by atoms with Crippen molar-refractivity contribution in [1.29, 1.82) is 0 Å². The summed E-state index contributed by atoms with van der Waals surface area (Å²) >= 11 is 6.07. The molecule has 0 aliphatic carbocycles. The van der Waals surface area contributed by atoms with E-state index in [0.29, 0.717) is 11.3 Å². The van der Waals surface area contributed by atoms with Crippen molar-refractivity contribution in [1.82, 2.24) is 9.62 Å². The van der Waals surface area contributed by atoms with Crippen LogP contribution in [0.3, 0.4) is 0 Å². The van der Waals surface area contributed by atoms with Crippen LogP contribution in [0.4, 0.5) is 0 Å². The van der Waals surface area contributed by atoms with Gasteiger partial charge < -0.3 is 10.1 Å². The Morgan fingerprint density at radius 1 is 1.16 bits per heavy atom. The van der Waals surface area contributed by atoms with Gasteiger partial charge in [0.05, 0.1) is 12.1 Å². The van der Waals surface area contributed by atoms with Crippen LogP contribution in [0.2, 0.25) is 5.02 Å². The van der Waals surface area contributed by atoms with E-state index in [2.05, 4.69) is 5.32 Å². The number of halogens is 1. The van der Waals surface area contributed by atoms with Crippen molar-refractivity contribution >= 4 is 27.5 Å². The fourth-order valence-corrected chi connectivity index (χ4v) is 4.86. The van der Waals surface area contributed by atoms with E-state index in [-0.39, 0.29) is 28.9 Å². The van der Waals surface area contributed by atoms with Gasteiger partial charge in [0, 0.05) is 13.1 Å². The molecule has 1 saturated heterocycles. The Morgan fingerprint density at radius 3 is 2.48 bits per heavy atom. The number of nitrogens with zero attached hydrogens (tertiary/aromatic N) is 1. The van der Waals surface area contributed by atoms with E-state index in [0.717, 1.165) is 0 Å². The predicted octanol–water partition coefficient (Wildman–Crippen LogP) is 2.21. The highest BCUT2D eigenvalue weighted by Gasteiger charge is 2.40. The van der Waals surface area contributed by atoms with Crippen LogP contribution in [-0.2, 0) is 14.8 Å². The zero-order valence-corrected chi connectivity index (χ0v) is 15.0. The quantitative estimate of drug-likeness (QED) is 0.882. The maximum Gasteiger partial charge on any atom is 0.245 e. The first-order valence-corrected chi connectivity index (χ1v) is 9.45. The third-order valence-electron chi connectivity index (χ3n) is 4.02. The Kier molecular flexibility index (Phi) is 4.99. The summed E-state index contributed by atoms with van der Waals surface area (Å²) in [6.45, 7) is 0.408. The topological polar surface area (TPSA) is 75.7 Å². The van der Waals surface area contributed by atoms with Crippen molar-refractivity contribution < 1.29 is 17.9 Å². The van der Waals surface area contributed by atoms with E-state index in [1.807, 2.05) is 0 Å². The van der Waals surface area contributed by atoms with E-state index >= 15 is 0 Å². The van der Waals surface area contributed by atoms with Gasteiger partial charge in [0.1, 0.15) is 16.7 Å². The summed E-state index contributed by atoms with van der Waals surface area (Å²) in [6, 6.07) is 12.0. The van der Waals surface area contributed by atoms with Crippen molar-refractivity contribution in [2.75, 3.05) is 20.2 Å². The number of amides is 1. The summed E-state index contributed by atoms with van der Waals surface area (Å²) in [4.78, 5) is 12.4. The van der Waals surface area contributed by atoms with Gasteiger partial charge in [-0.2, -0.15) is 4.31 Å². The number of sulfonamides is 1. The summed E-state index contributed by atoms with van der Waals surface area (Å²) in [7, 11) is -2.39. The fourth-order valence-electron chi connectivity index (χ4n) is 2.79. The summed E-state index contributed by atoms with van der Waals surface area (Å²) < 4.78 is 32.5. The van der Waals surface area contributed by atoms with Gasteiger partial charge in [0.2, 0.25) is 15.9 Å². The molecule has 1 aliphatic heterocycles. The van der Waals surface area contributed by atoms with Crippen LogP contribution in [0.1, 0.15) is 11.6 Å². The highest BCUT2D eigenvalue weighted by molar-refractivity contribution is 7.89. The number of hydrogen-bond acceptors (Lipinski definition) is 4. The maximum atomic E-state index is 13.1. The number of methoxy groups -OCH3 is 1. The standard InChI is InChI=1S/C17H17ClN2O4S/c1-24-13-8-6-12(7-9-13)16-17(21)19-10-11-20(16)25(22,23)15-5-3-2-4-14(15)18/h2-9,16H,10-11H2,1H3,(H,19,21). The molecule has 1 amide bonds. The van der Waals surface area contributed by atoms with Crippen LogP contribution >= 0.6 is 11.6 Å². The molecule has 1 unspecified atom stereocenters. The van der Waals surface area contributed by atoms with Crippen LogP contribution in [0.5, 0.6) is 5.75 Å². The third kappa shape index (κ3) is 3.35. The molecule has 0 saturated carbocycles. The van der Waals surface area contributed by atoms with Crippen LogP contribution in [0.15, 0.2) is 53.4 Å². The van der Waals surface area contributed by atoms with Crippen molar-refractivity contribution in [3.05, 3.63) is 59.1 Å². The largest absolute Gasteiger partial charge is 0.497 e. The molecule has 6 nitrogen and oxygen atoms in total. The van der Waals surface area contributed by atoms with Crippen molar-refractivity contribution in [3.8, 4) is 5.75 Å². The molecule has 0 aromatic heterocycles. The number of carbonyl (C=O) groups is 1. The molecule has 8 heteroatoms. The number of nitrogens with one attached hydrogen (secondary N) is 1. The van der Waals surface area contributed by atoms with E-state index in [4.69, 9.17) is 16.3 Å². The third-order valence-corrected chi connectivity index (χ3v) is 6.39. The van der Waals surface area contributed by atoms with Gasteiger partial charge in [-0.15, -0.1) is 0 Å². The average molecular weight is 381 g/mol. The lowest BCUT2D eigenvalue weighted by Gasteiger charge is -2.34. The number of benzene rings is 2. The van der Waals surface area contributed by atoms with Gasteiger partial charge in [-0.1, -0.05) is 35.9 Å². The zero-order valence-electron chi connectivity index (χ0n) is 13.5. The highest BCUT2D eigenvalue weighted by atomic mass is 35.5. The smallest absolute Gasteiger partial charge is 0.245 e. The van der Waals surface area contributed by atoms with Crippen molar-refractivity contribution in [2.45, 2.75) is 10.9 Å². The molecule has 1 heterocycles. The van der Waals surface area contributed by atoms with Crippen LogP contribution in [0, 0.1) is 0 Å². The number of piperazine rings is 1. The zero-order chi connectivity index (χ0) is 18.0. The Hall–Kier alpha value is -2.09. The first-order valence-electron chi connectivity index (χ1n) is 7.63. The van der Waals surface area contributed by atoms with Gasteiger partial charge in [-0.05, 0) is 29.8 Å². The molecule has 0 radical (unpaired) electrons. The number of hydrogen-bond donors (Lipinski definition) is 1. The van der Waals surface area contributed by atoms with E-state index in [1.54, 1.807) is 36.4 Å². The normalized spacial score (nSPS) is 18.6. The molecule has 3 rings (SSSR count). The summed E-state index contributed by atoms with van der Waals surface area (Å²) in [5, 5.41) is 2.84. The molecular weight excluding hydrogens is 364 g/mol. The average Bonchev–Trinajstić information content (AvgIpc) is 2.62. The molecule has 132 valence electrons. The predicted molar refractivity (Wildman–Crippen MR) is 94.1 cm³/mol. The second-order valence-electron chi connectivity index (χ2n) is 5.51. The van der Waals surface area contributed by atoms with Crippen molar-refractivity contribution in [2.24, 2.45) is 0 Å². The Balaban J connectivity index is 2.05. The Morgan fingerprint density at radius 2 is 1.84 bits per heavy atom. The second-order valence-corrected chi connectivity index (χ2v) is 7.78. The molecule has 1 fully saturated rings. The second kappa shape index (κ2) is 7.03. The number of carbonyl (C=O) groups excluding carboxylic acids is 1. The lowest BCUT2D eigenvalue weighted by molar-refractivity contribution is -0.126. The minimum Gasteiger partial charge on any atom is -0.497 e. The summed E-state index contributed by atoms with van der Waals surface area (Å²) in [6.07, 6.45) is 0. The number of ether oxygens (including phenoxy) is 1. The summed E-state index contributed by atoms with van der Waals surface area (Å²) in [5.74, 6) is 0.257. The van der Waals surface area contributed by atoms with Crippen molar-refractivity contribution in [3.63, 3.8) is 0 Å². The highest BCUT2D eigenvalue weighted by Crippen LogP contribution is 2.33. The lowest BCUT2D eigenvalue weighted by Crippen LogP contribution is -2.52. The van der Waals surface area contributed by atoms with Gasteiger partial charge >= 0.3 is 0 Å². The molecule has 1 atom stereocenters. The molecule has 2 aromatic carbocycles. The number of rotatable bonds is 4. The van der Waals surface area contributed by atoms with E-state index < -0.39 is 16.1 Å². The summed E-state index contributed by atoms with van der Waals surface area (Å²) in [5.41, 5.74) is 0.564. The fraction of sp³-hybridized carbons (Fsp3) is 0.235. The molecule has 1 N–H and O–H groups in total. The van der Waals surface area contributed by atoms with E-state index in [9.17, 15) is 13.2 Å². The monoisotopic (exact) mass is 380 g/mol. The first kappa shape index (κ1) is 17.7. The Labute approximate surface area is 151 Å². The van der Waals surface area contributed by atoms with Crippen LogP contribution < -0.4 is 10.1 Å². The Bertz CT molecular complexity index is 884. The minimum absolute atomic E-state index is 0.00937. The SMILES string of the molecule is COc1ccc(C2C(=O)NCCN2S(=O)(=O)c2ccccc2Cl)cc1. The van der Waals surface area contributed by atoms with Gasteiger partial charge in [-0.3, -0.25) is 4.79 Å². The lowest BCUT2D eigenvalue weighted by atomic mass is 10.0. The molecular formula is C17H17ClN2O4S. The molecule has 0 spiro atoms. The van der Waals surface area contributed by atoms with Crippen LogP contribution in [0.25, 0.3) is 0 Å². The van der Waals surface area contributed by atoms with Gasteiger partial charge in [0.15, 0.2) is 0 Å². The van der Waals surface area contributed by atoms with E-state index in [1.165, 1.54) is 23.5 Å². The van der Waals surface area contributed by atoms with Crippen LogP contribution in [-0.4, -0.2) is 38.8 Å². The minimum atomic E-state index is -3.93.